The highest BCUT2D eigenvalue weighted by Crippen LogP contribution is 2.27. The molecule has 2 amide bonds. The van der Waals surface area contributed by atoms with Gasteiger partial charge < -0.3 is 29.6 Å². The first-order chi connectivity index (χ1) is 19.9. The van der Waals surface area contributed by atoms with Crippen molar-refractivity contribution in [3.8, 4) is 17.4 Å². The number of anilines is 1. The van der Waals surface area contributed by atoms with E-state index in [1.807, 2.05) is 12.1 Å². The number of furan rings is 1. The molecule has 2 aromatic heterocycles. The molecule has 210 valence electrons. The summed E-state index contributed by atoms with van der Waals surface area (Å²) in [6.45, 7) is 0. The molecule has 10 heteroatoms. The normalized spacial score (nSPS) is 16.4. The Bertz CT molecular complexity index is 1480. The van der Waals surface area contributed by atoms with Gasteiger partial charge in [-0.3, -0.25) is 9.59 Å². The van der Waals surface area contributed by atoms with Gasteiger partial charge in [-0.15, -0.1) is 0 Å². The number of benzene rings is 2. The summed E-state index contributed by atoms with van der Waals surface area (Å²) >= 11 is 0. The van der Waals surface area contributed by atoms with E-state index in [2.05, 4.69) is 15.6 Å². The van der Waals surface area contributed by atoms with E-state index in [-0.39, 0.29) is 41.6 Å². The van der Waals surface area contributed by atoms with Crippen LogP contribution in [0.2, 0.25) is 0 Å². The molecule has 0 aliphatic heterocycles. The predicted molar refractivity (Wildman–Crippen MR) is 149 cm³/mol. The number of nitrogens with one attached hydrogen (secondary N) is 2. The average molecular weight is 556 g/mol. The Hall–Kier alpha value is -5.12. The van der Waals surface area contributed by atoms with Crippen LogP contribution in [0.3, 0.4) is 0 Å². The first kappa shape index (κ1) is 27.4. The lowest BCUT2D eigenvalue weighted by Crippen LogP contribution is -2.39. The second-order valence-electron chi connectivity index (χ2n) is 9.70. The number of ether oxygens (including phenoxy) is 2. The minimum absolute atomic E-state index is 0.0264. The maximum Gasteiger partial charge on any atom is 0.337 e. The van der Waals surface area contributed by atoms with Crippen molar-refractivity contribution in [1.82, 2.24) is 10.3 Å². The lowest BCUT2D eigenvalue weighted by Gasteiger charge is -2.29. The zero-order chi connectivity index (χ0) is 28.6. The van der Waals surface area contributed by atoms with Crippen molar-refractivity contribution in [2.45, 2.75) is 44.2 Å². The minimum Gasteiger partial charge on any atom is -0.490 e. The molecular formula is C31H29N3O7. The number of carboxylic acids is 1. The van der Waals surface area contributed by atoms with Crippen molar-refractivity contribution in [3.05, 3.63) is 102 Å². The van der Waals surface area contributed by atoms with Gasteiger partial charge in [0.1, 0.15) is 11.5 Å². The fourth-order valence-corrected chi connectivity index (χ4v) is 4.62. The van der Waals surface area contributed by atoms with Gasteiger partial charge in [0, 0.05) is 18.3 Å². The number of aromatic nitrogens is 1. The average Bonchev–Trinajstić information content (AvgIpc) is 3.52. The van der Waals surface area contributed by atoms with Gasteiger partial charge in [0.15, 0.2) is 5.76 Å². The molecule has 10 nitrogen and oxygen atoms in total. The number of carbonyl (C=O) groups is 3. The molecule has 3 N–H and O–H groups in total. The lowest BCUT2D eigenvalue weighted by atomic mass is 9.93. The summed E-state index contributed by atoms with van der Waals surface area (Å²) in [4.78, 5) is 40.2. The number of para-hydroxylation sites is 1. The van der Waals surface area contributed by atoms with Gasteiger partial charge in [-0.2, -0.15) is 0 Å². The van der Waals surface area contributed by atoms with Crippen LogP contribution in [0.1, 0.15) is 52.2 Å². The lowest BCUT2D eigenvalue weighted by molar-refractivity contribution is -0.115. The topological polar surface area (TPSA) is 140 Å². The molecule has 0 spiro atoms. The molecule has 2 heterocycles. The van der Waals surface area contributed by atoms with Gasteiger partial charge in [-0.25, -0.2) is 9.78 Å². The third-order valence-electron chi connectivity index (χ3n) is 6.70. The number of nitrogens with zero attached hydrogens (tertiary/aromatic N) is 1. The first-order valence-electron chi connectivity index (χ1n) is 13.3. The SMILES string of the molecule is O=C(Cc1ccc(Oc2ccc(OC3CCC(NC(=O)c4ccco4)CC3)cc2)nc1)Nc1ccccc1C(=O)O. The molecule has 1 fully saturated rings. The number of carbonyl (C=O) groups excluding carboxylic acids is 2. The molecular weight excluding hydrogens is 526 g/mol. The molecule has 1 aliphatic carbocycles. The second-order valence-corrected chi connectivity index (χ2v) is 9.70. The van der Waals surface area contributed by atoms with Gasteiger partial charge in [0.25, 0.3) is 5.91 Å². The smallest absolute Gasteiger partial charge is 0.337 e. The molecule has 1 aliphatic rings. The molecule has 41 heavy (non-hydrogen) atoms. The molecule has 1 saturated carbocycles. The number of amides is 2. The van der Waals surface area contributed by atoms with E-state index in [0.717, 1.165) is 31.4 Å². The molecule has 0 radical (unpaired) electrons. The Morgan fingerprint density at radius 2 is 1.66 bits per heavy atom. The van der Waals surface area contributed by atoms with Crippen molar-refractivity contribution >= 4 is 23.5 Å². The number of carboxylic acid groups (broad SMARTS) is 1. The van der Waals surface area contributed by atoms with Crippen LogP contribution in [-0.4, -0.2) is 40.0 Å². The van der Waals surface area contributed by atoms with Crippen LogP contribution >= 0.6 is 0 Å². The van der Waals surface area contributed by atoms with E-state index in [4.69, 9.17) is 13.9 Å². The third-order valence-corrected chi connectivity index (χ3v) is 6.70. The highest BCUT2D eigenvalue weighted by atomic mass is 16.5. The maximum atomic E-state index is 12.4. The molecule has 0 unspecified atom stereocenters. The van der Waals surface area contributed by atoms with Crippen LogP contribution in [0.25, 0.3) is 0 Å². The first-order valence-corrected chi connectivity index (χ1v) is 13.3. The summed E-state index contributed by atoms with van der Waals surface area (Å²) in [6, 6.07) is 20.4. The molecule has 0 bridgehead atoms. The Kier molecular flexibility index (Phi) is 8.58. The van der Waals surface area contributed by atoms with Crippen LogP contribution in [0.5, 0.6) is 17.4 Å². The fraction of sp³-hybridized carbons (Fsp3) is 0.226. The zero-order valence-corrected chi connectivity index (χ0v) is 22.1. The molecule has 0 atom stereocenters. The second kappa shape index (κ2) is 12.8. The van der Waals surface area contributed by atoms with E-state index in [1.165, 1.54) is 12.3 Å². The fourth-order valence-electron chi connectivity index (χ4n) is 4.62. The van der Waals surface area contributed by atoms with Crippen molar-refractivity contribution in [2.24, 2.45) is 0 Å². The van der Waals surface area contributed by atoms with Gasteiger partial charge in [-0.05, 0) is 79.8 Å². The molecule has 2 aromatic carbocycles. The van der Waals surface area contributed by atoms with E-state index in [0.29, 0.717) is 23.0 Å². The number of pyridine rings is 1. The van der Waals surface area contributed by atoms with Gasteiger partial charge in [0.05, 0.1) is 30.0 Å². The zero-order valence-electron chi connectivity index (χ0n) is 22.1. The Labute approximate surface area is 236 Å². The number of hydrogen-bond acceptors (Lipinski definition) is 7. The molecule has 5 rings (SSSR count). The van der Waals surface area contributed by atoms with E-state index < -0.39 is 5.97 Å². The van der Waals surface area contributed by atoms with Crippen LogP contribution < -0.4 is 20.1 Å². The summed E-state index contributed by atoms with van der Waals surface area (Å²) in [5.74, 6) is 0.361. The van der Waals surface area contributed by atoms with E-state index in [9.17, 15) is 19.5 Å². The Morgan fingerprint density at radius 1 is 0.902 bits per heavy atom. The minimum atomic E-state index is -1.11. The van der Waals surface area contributed by atoms with E-state index >= 15 is 0 Å². The Balaban J connectivity index is 1.06. The van der Waals surface area contributed by atoms with Gasteiger partial charge in [0.2, 0.25) is 11.8 Å². The van der Waals surface area contributed by atoms with Crippen molar-refractivity contribution in [2.75, 3.05) is 5.32 Å². The quantitative estimate of drug-likeness (QED) is 0.234. The van der Waals surface area contributed by atoms with Crippen molar-refractivity contribution in [1.29, 1.82) is 0 Å². The monoisotopic (exact) mass is 555 g/mol. The van der Waals surface area contributed by atoms with Gasteiger partial charge in [-0.1, -0.05) is 18.2 Å². The standard InChI is InChI=1S/C31H29N3O7/c35-28(34-26-5-2-1-4-25(26)31(37)38)18-20-7-16-29(32-19-20)41-24-14-12-23(13-15-24)40-22-10-8-21(9-11-22)33-30(36)27-6-3-17-39-27/h1-7,12-17,19,21-22H,8-11,18H2,(H,33,36)(H,34,35)(H,37,38). The highest BCUT2D eigenvalue weighted by Gasteiger charge is 2.24. The molecule has 0 saturated heterocycles. The summed E-state index contributed by atoms with van der Waals surface area (Å²) in [7, 11) is 0. The summed E-state index contributed by atoms with van der Waals surface area (Å²) in [5, 5.41) is 14.9. The number of rotatable bonds is 10. The maximum absolute atomic E-state index is 12.4. The summed E-state index contributed by atoms with van der Waals surface area (Å²) in [6.07, 6.45) is 6.47. The highest BCUT2D eigenvalue weighted by molar-refractivity contribution is 6.01. The van der Waals surface area contributed by atoms with Crippen LogP contribution in [-0.2, 0) is 11.2 Å². The van der Waals surface area contributed by atoms with Crippen molar-refractivity contribution < 1.29 is 33.4 Å². The van der Waals surface area contributed by atoms with Crippen LogP contribution in [0, 0.1) is 0 Å². The summed E-state index contributed by atoms with van der Waals surface area (Å²) in [5.41, 5.74) is 0.924. The predicted octanol–water partition coefficient (Wildman–Crippen LogP) is 5.47. The third kappa shape index (κ3) is 7.51. The largest absolute Gasteiger partial charge is 0.490 e. The number of hydrogen-bond donors (Lipinski definition) is 3. The summed E-state index contributed by atoms with van der Waals surface area (Å²) < 4.78 is 17.1. The molecule has 4 aromatic rings. The van der Waals surface area contributed by atoms with Gasteiger partial charge >= 0.3 is 5.97 Å². The Morgan fingerprint density at radius 3 is 2.34 bits per heavy atom. The van der Waals surface area contributed by atoms with Crippen LogP contribution in [0.4, 0.5) is 5.69 Å². The van der Waals surface area contributed by atoms with Crippen LogP contribution in [0.15, 0.2) is 89.7 Å². The van der Waals surface area contributed by atoms with Crippen molar-refractivity contribution in [3.63, 3.8) is 0 Å². The van der Waals surface area contributed by atoms with E-state index in [1.54, 1.807) is 60.8 Å². The number of aromatic carboxylic acids is 1.